The van der Waals surface area contributed by atoms with Gasteiger partial charge in [0.05, 0.1) is 57.8 Å². The lowest BCUT2D eigenvalue weighted by molar-refractivity contribution is -0.139. The maximum atomic E-state index is 13.7. The minimum absolute atomic E-state index is 0.00159. The van der Waals surface area contributed by atoms with E-state index in [1.54, 1.807) is 21.1 Å². The molecule has 0 aliphatic carbocycles. The Balaban J connectivity index is 1.67. The summed E-state index contributed by atoms with van der Waals surface area (Å²) < 4.78 is 22.4. The van der Waals surface area contributed by atoms with Crippen LogP contribution >= 0.6 is 11.8 Å². The molecule has 204 valence electrons. The fourth-order valence-corrected chi connectivity index (χ4v) is 5.91. The van der Waals surface area contributed by atoms with Crippen molar-refractivity contribution in [3.8, 4) is 11.5 Å². The molecule has 0 aromatic heterocycles. The molecule has 3 aliphatic rings. The van der Waals surface area contributed by atoms with Gasteiger partial charge in [0.1, 0.15) is 0 Å². The van der Waals surface area contributed by atoms with E-state index in [2.05, 4.69) is 0 Å². The lowest BCUT2D eigenvalue weighted by Gasteiger charge is -2.38. The van der Waals surface area contributed by atoms with Crippen molar-refractivity contribution in [2.75, 3.05) is 47.1 Å². The highest BCUT2D eigenvalue weighted by Gasteiger charge is 2.44. The van der Waals surface area contributed by atoms with Gasteiger partial charge in [0.25, 0.3) is 0 Å². The maximum absolute atomic E-state index is 13.7. The molecule has 1 amide bonds. The van der Waals surface area contributed by atoms with Crippen molar-refractivity contribution in [3.63, 3.8) is 0 Å². The molecule has 0 unspecified atom stereocenters. The first kappa shape index (κ1) is 26.8. The average molecular weight is 550 g/mol. The molecular weight excluding hydrogens is 518 g/mol. The van der Waals surface area contributed by atoms with E-state index in [1.807, 2.05) is 63.7 Å². The average Bonchev–Trinajstić information content (AvgIpc) is 3.38. The summed E-state index contributed by atoms with van der Waals surface area (Å²) in [5, 5.41) is 2.61. The van der Waals surface area contributed by atoms with Crippen molar-refractivity contribution in [1.29, 1.82) is 0 Å². The zero-order valence-electron chi connectivity index (χ0n) is 22.2. The number of benzene rings is 2. The van der Waals surface area contributed by atoms with Gasteiger partial charge in [-0.15, -0.1) is 0 Å². The number of carbonyl (C=O) groups excluding carboxylic acids is 2. The summed E-state index contributed by atoms with van der Waals surface area (Å²) in [6, 6.07) is 14.5. The molecule has 0 bridgehead atoms. The van der Waals surface area contributed by atoms with Gasteiger partial charge >= 0.3 is 5.97 Å². The summed E-state index contributed by atoms with van der Waals surface area (Å²) in [7, 11) is 3.15. The molecule has 1 saturated heterocycles. The first-order valence-electron chi connectivity index (χ1n) is 12.8. The van der Waals surface area contributed by atoms with Crippen molar-refractivity contribution in [2.45, 2.75) is 19.4 Å². The van der Waals surface area contributed by atoms with Crippen LogP contribution in [0, 0.1) is 0 Å². The third kappa shape index (κ3) is 5.26. The van der Waals surface area contributed by atoms with Gasteiger partial charge in [0, 0.05) is 29.9 Å². The number of para-hydroxylation sites is 1. The van der Waals surface area contributed by atoms with Gasteiger partial charge in [-0.1, -0.05) is 54.2 Å². The standard InChI is InChI=1S/C29H31N3O6S/c1-4-38-28(34)24-25(19-9-6-5-7-10-19)30-29-32(26(24)21-11-8-12-22(35-2)27(21)36-3)20(18-39-29)17-23(33)31-13-15-37-16-14-31/h5-12,18,26H,4,13-17H2,1-3H3/t26-/m0/s1. The highest BCUT2D eigenvalue weighted by molar-refractivity contribution is 8.16. The van der Waals surface area contributed by atoms with Crippen molar-refractivity contribution in [3.05, 3.63) is 76.3 Å². The summed E-state index contributed by atoms with van der Waals surface area (Å²) in [6.45, 7) is 4.14. The molecule has 1 fully saturated rings. The maximum Gasteiger partial charge on any atom is 0.338 e. The molecule has 1 atom stereocenters. The fourth-order valence-electron chi connectivity index (χ4n) is 4.99. The van der Waals surface area contributed by atoms with E-state index in [4.69, 9.17) is 23.9 Å². The Kier molecular flexibility index (Phi) is 8.23. The molecule has 3 aliphatic heterocycles. The largest absolute Gasteiger partial charge is 0.493 e. The number of thioether (sulfide) groups is 1. The van der Waals surface area contributed by atoms with Crippen LogP contribution in [0.15, 0.2) is 70.2 Å². The Labute approximate surface area is 232 Å². The lowest BCUT2D eigenvalue weighted by atomic mass is 9.90. The Morgan fingerprint density at radius 1 is 1.05 bits per heavy atom. The number of aliphatic imine (C=N–C) groups is 1. The Hall–Kier alpha value is -3.76. The first-order chi connectivity index (χ1) is 19.1. The molecule has 0 radical (unpaired) electrons. The predicted molar refractivity (Wildman–Crippen MR) is 149 cm³/mol. The van der Waals surface area contributed by atoms with E-state index in [-0.39, 0.29) is 18.9 Å². The molecule has 2 aromatic rings. The second-order valence-corrected chi connectivity index (χ2v) is 9.83. The van der Waals surface area contributed by atoms with Gasteiger partial charge in [-0.3, -0.25) is 4.79 Å². The van der Waals surface area contributed by atoms with Crippen LogP contribution in [0.1, 0.15) is 30.5 Å². The topological polar surface area (TPSA) is 89.9 Å². The summed E-state index contributed by atoms with van der Waals surface area (Å²) >= 11 is 1.43. The number of esters is 1. The number of hydrogen-bond acceptors (Lipinski definition) is 9. The summed E-state index contributed by atoms with van der Waals surface area (Å²) in [5.41, 5.74) is 3.13. The monoisotopic (exact) mass is 549 g/mol. The van der Waals surface area contributed by atoms with Crippen LogP contribution in [0.2, 0.25) is 0 Å². The number of hydrogen-bond donors (Lipinski definition) is 0. The van der Waals surface area contributed by atoms with Crippen molar-refractivity contribution < 1.29 is 28.5 Å². The zero-order valence-corrected chi connectivity index (χ0v) is 23.0. The number of rotatable bonds is 8. The van der Waals surface area contributed by atoms with Crippen LogP contribution in [0.4, 0.5) is 0 Å². The summed E-state index contributed by atoms with van der Waals surface area (Å²) in [5.74, 6) is 0.546. The van der Waals surface area contributed by atoms with E-state index >= 15 is 0 Å². The molecule has 5 rings (SSSR count). The Morgan fingerprint density at radius 2 is 1.82 bits per heavy atom. The van der Waals surface area contributed by atoms with Crippen molar-refractivity contribution in [1.82, 2.24) is 9.80 Å². The van der Waals surface area contributed by atoms with Gasteiger partial charge in [-0.2, -0.15) is 0 Å². The molecule has 0 saturated carbocycles. The quantitative estimate of drug-likeness (QED) is 0.452. The minimum Gasteiger partial charge on any atom is -0.493 e. The summed E-state index contributed by atoms with van der Waals surface area (Å²) in [6.07, 6.45) is 0.158. The van der Waals surface area contributed by atoms with Gasteiger partial charge in [-0.05, 0) is 18.4 Å². The van der Waals surface area contributed by atoms with Gasteiger partial charge in [0.15, 0.2) is 16.7 Å². The van der Waals surface area contributed by atoms with Gasteiger partial charge < -0.3 is 28.7 Å². The molecule has 10 heteroatoms. The van der Waals surface area contributed by atoms with Crippen LogP contribution in [0.3, 0.4) is 0 Å². The van der Waals surface area contributed by atoms with Gasteiger partial charge in [0.2, 0.25) is 5.91 Å². The minimum atomic E-state index is -0.671. The molecule has 0 spiro atoms. The molecular formula is C29H31N3O6S. The normalized spacial score (nSPS) is 18.8. The molecule has 9 nitrogen and oxygen atoms in total. The third-order valence-electron chi connectivity index (χ3n) is 6.78. The number of morpholine rings is 1. The summed E-state index contributed by atoms with van der Waals surface area (Å²) in [4.78, 5) is 35.8. The molecule has 39 heavy (non-hydrogen) atoms. The van der Waals surface area contributed by atoms with Crippen LogP contribution in [0.25, 0.3) is 5.70 Å². The van der Waals surface area contributed by atoms with E-state index in [0.29, 0.717) is 59.8 Å². The van der Waals surface area contributed by atoms with E-state index < -0.39 is 12.0 Å². The second kappa shape index (κ2) is 12.0. The number of methoxy groups -OCH3 is 2. The zero-order chi connectivity index (χ0) is 27.4. The smallest absolute Gasteiger partial charge is 0.338 e. The van der Waals surface area contributed by atoms with Crippen molar-refractivity contribution in [2.24, 2.45) is 4.99 Å². The second-order valence-electron chi connectivity index (χ2n) is 9.00. The number of fused-ring (bicyclic) bond motifs is 1. The SMILES string of the molecule is CCOC(=O)C1=C(c2ccccc2)N=C2SC=C(CC(=O)N3CCOCC3)N2[C@H]1c1cccc(OC)c1OC. The van der Waals surface area contributed by atoms with E-state index in [9.17, 15) is 9.59 Å². The van der Waals surface area contributed by atoms with E-state index in [1.165, 1.54) is 11.8 Å². The number of amidine groups is 1. The van der Waals surface area contributed by atoms with Crippen LogP contribution in [0.5, 0.6) is 11.5 Å². The lowest BCUT2D eigenvalue weighted by Crippen LogP contribution is -2.42. The molecule has 0 N–H and O–H groups in total. The van der Waals surface area contributed by atoms with E-state index in [0.717, 1.165) is 11.3 Å². The highest BCUT2D eigenvalue weighted by atomic mass is 32.2. The number of nitrogens with zero attached hydrogens (tertiary/aromatic N) is 3. The molecule has 3 heterocycles. The third-order valence-corrected chi connectivity index (χ3v) is 7.67. The number of carbonyl (C=O) groups is 2. The fraction of sp³-hybridized carbons (Fsp3) is 0.345. The molecule has 2 aromatic carbocycles. The predicted octanol–water partition coefficient (Wildman–Crippen LogP) is 4.23. The first-order valence-corrected chi connectivity index (χ1v) is 13.7. The van der Waals surface area contributed by atoms with Crippen LogP contribution in [-0.2, 0) is 19.1 Å². The van der Waals surface area contributed by atoms with Crippen LogP contribution < -0.4 is 9.47 Å². The Morgan fingerprint density at radius 3 is 2.51 bits per heavy atom. The Bertz CT molecular complexity index is 1330. The number of amides is 1. The van der Waals surface area contributed by atoms with Crippen molar-refractivity contribution >= 4 is 34.5 Å². The highest BCUT2D eigenvalue weighted by Crippen LogP contribution is 2.50. The van der Waals surface area contributed by atoms with Crippen LogP contribution in [-0.4, -0.2) is 74.0 Å². The number of ether oxygens (including phenoxy) is 4. The van der Waals surface area contributed by atoms with Gasteiger partial charge in [-0.25, -0.2) is 9.79 Å².